The van der Waals surface area contributed by atoms with Crippen molar-refractivity contribution in [2.24, 2.45) is 5.92 Å². The normalized spacial score (nSPS) is 32.6. The van der Waals surface area contributed by atoms with Gasteiger partial charge < -0.3 is 5.32 Å². The lowest BCUT2D eigenvalue weighted by atomic mass is 9.91. The highest BCUT2D eigenvalue weighted by Crippen LogP contribution is 2.36. The summed E-state index contributed by atoms with van der Waals surface area (Å²) in [4.78, 5) is 2.79. The Morgan fingerprint density at radius 1 is 1.25 bits per heavy atom. The van der Waals surface area contributed by atoms with Crippen molar-refractivity contribution >= 4 is 0 Å². The van der Waals surface area contributed by atoms with Crippen LogP contribution in [0.1, 0.15) is 51.9 Å². The van der Waals surface area contributed by atoms with Crippen LogP contribution in [0.2, 0.25) is 0 Å². The first-order valence-electron chi connectivity index (χ1n) is 7.26. The van der Waals surface area contributed by atoms with Gasteiger partial charge in [0.1, 0.15) is 0 Å². The number of rotatable bonds is 5. The topological polar surface area (TPSA) is 15.3 Å². The van der Waals surface area contributed by atoms with Crippen molar-refractivity contribution in [3.63, 3.8) is 0 Å². The van der Waals surface area contributed by atoms with E-state index >= 15 is 0 Å². The second-order valence-electron chi connectivity index (χ2n) is 5.67. The monoisotopic (exact) mass is 224 g/mol. The summed E-state index contributed by atoms with van der Waals surface area (Å²) in [5, 5.41) is 3.49. The molecule has 1 saturated heterocycles. The molecule has 1 aliphatic heterocycles. The summed E-state index contributed by atoms with van der Waals surface area (Å²) in [6, 6.07) is 1.64. The van der Waals surface area contributed by atoms with Gasteiger partial charge in [-0.25, -0.2) is 0 Å². The molecular formula is C14H28N2. The van der Waals surface area contributed by atoms with Crippen LogP contribution in [0.3, 0.4) is 0 Å². The minimum atomic E-state index is 0.712. The van der Waals surface area contributed by atoms with Crippen molar-refractivity contribution in [1.82, 2.24) is 10.2 Å². The number of hydrogen-bond donors (Lipinski definition) is 1. The molecular weight excluding hydrogens is 196 g/mol. The second kappa shape index (κ2) is 6.02. The number of piperidine rings is 1. The number of fused-ring (bicyclic) bond motifs is 1. The van der Waals surface area contributed by atoms with Gasteiger partial charge in [-0.3, -0.25) is 4.90 Å². The van der Waals surface area contributed by atoms with Gasteiger partial charge in [0.05, 0.1) is 0 Å². The van der Waals surface area contributed by atoms with Crippen LogP contribution in [0, 0.1) is 5.92 Å². The van der Waals surface area contributed by atoms with Crippen molar-refractivity contribution in [3.05, 3.63) is 0 Å². The Morgan fingerprint density at radius 2 is 2.06 bits per heavy atom. The molecule has 94 valence electrons. The van der Waals surface area contributed by atoms with E-state index in [1.165, 1.54) is 58.0 Å². The summed E-state index contributed by atoms with van der Waals surface area (Å²) in [5.41, 5.74) is 0. The molecule has 3 atom stereocenters. The molecule has 0 aromatic rings. The van der Waals surface area contributed by atoms with Crippen LogP contribution in [0.5, 0.6) is 0 Å². The molecule has 1 heterocycles. The lowest BCUT2D eigenvalue weighted by molar-refractivity contribution is 0.101. The quantitative estimate of drug-likeness (QED) is 0.772. The highest BCUT2D eigenvalue weighted by Gasteiger charge is 2.35. The third-order valence-corrected chi connectivity index (χ3v) is 4.61. The van der Waals surface area contributed by atoms with E-state index in [-0.39, 0.29) is 0 Å². The summed E-state index contributed by atoms with van der Waals surface area (Å²) in [5.74, 6) is 1.04. The van der Waals surface area contributed by atoms with Gasteiger partial charge in [-0.2, -0.15) is 0 Å². The highest BCUT2D eigenvalue weighted by molar-refractivity contribution is 4.90. The molecule has 2 rings (SSSR count). The van der Waals surface area contributed by atoms with Crippen LogP contribution >= 0.6 is 0 Å². The number of hydrogen-bond acceptors (Lipinski definition) is 2. The van der Waals surface area contributed by atoms with Crippen molar-refractivity contribution in [3.8, 4) is 0 Å². The highest BCUT2D eigenvalue weighted by atomic mass is 15.2. The van der Waals surface area contributed by atoms with Crippen LogP contribution < -0.4 is 5.32 Å². The zero-order chi connectivity index (χ0) is 11.4. The summed E-state index contributed by atoms with van der Waals surface area (Å²) < 4.78 is 0. The molecule has 0 aromatic carbocycles. The number of nitrogens with zero attached hydrogens (tertiary/aromatic N) is 1. The molecule has 0 spiro atoms. The van der Waals surface area contributed by atoms with Gasteiger partial charge in [-0.1, -0.05) is 19.8 Å². The van der Waals surface area contributed by atoms with Crippen LogP contribution in [0.15, 0.2) is 0 Å². The Morgan fingerprint density at radius 3 is 2.81 bits per heavy atom. The first-order chi connectivity index (χ1) is 7.85. The van der Waals surface area contributed by atoms with Gasteiger partial charge in [0.25, 0.3) is 0 Å². The van der Waals surface area contributed by atoms with Crippen molar-refractivity contribution in [2.45, 2.75) is 64.0 Å². The smallest absolute Gasteiger partial charge is 0.0192 e. The SMILES string of the molecule is CCCC(CN1CCCC2CCCC21)NC. The minimum absolute atomic E-state index is 0.712. The Kier molecular flexibility index (Phi) is 4.66. The maximum atomic E-state index is 3.49. The molecule has 0 amide bonds. The fraction of sp³-hybridized carbons (Fsp3) is 1.00. The Hall–Kier alpha value is -0.0800. The van der Waals surface area contributed by atoms with Gasteiger partial charge >= 0.3 is 0 Å². The molecule has 0 aromatic heterocycles. The summed E-state index contributed by atoms with van der Waals surface area (Å²) in [6.07, 6.45) is 10.00. The van der Waals surface area contributed by atoms with E-state index in [1.54, 1.807) is 0 Å². The Bertz CT molecular complexity index is 205. The molecule has 2 heteroatoms. The maximum Gasteiger partial charge on any atom is 0.0192 e. The molecule has 1 aliphatic carbocycles. The summed E-state index contributed by atoms with van der Waals surface area (Å²) in [6.45, 7) is 4.92. The zero-order valence-corrected chi connectivity index (χ0v) is 11.0. The van der Waals surface area contributed by atoms with E-state index in [1.807, 2.05) is 0 Å². The minimum Gasteiger partial charge on any atom is -0.316 e. The predicted octanol–water partition coefficient (Wildman–Crippen LogP) is 2.64. The fourth-order valence-electron chi connectivity index (χ4n) is 3.74. The van der Waals surface area contributed by atoms with Gasteiger partial charge in [0.15, 0.2) is 0 Å². The van der Waals surface area contributed by atoms with Crippen molar-refractivity contribution in [1.29, 1.82) is 0 Å². The summed E-state index contributed by atoms with van der Waals surface area (Å²) in [7, 11) is 2.12. The van der Waals surface area contributed by atoms with Crippen LogP contribution in [-0.2, 0) is 0 Å². The Labute approximate surface area is 101 Å². The second-order valence-corrected chi connectivity index (χ2v) is 5.67. The zero-order valence-electron chi connectivity index (χ0n) is 11.0. The van der Waals surface area contributed by atoms with E-state index in [9.17, 15) is 0 Å². The molecule has 16 heavy (non-hydrogen) atoms. The lowest BCUT2D eigenvalue weighted by Crippen LogP contribution is -2.48. The molecule has 0 bridgehead atoms. The van der Waals surface area contributed by atoms with Gasteiger partial charge in [-0.15, -0.1) is 0 Å². The molecule has 3 unspecified atom stereocenters. The third-order valence-electron chi connectivity index (χ3n) is 4.61. The average Bonchev–Trinajstić information content (AvgIpc) is 2.77. The van der Waals surface area contributed by atoms with Crippen molar-refractivity contribution in [2.75, 3.05) is 20.1 Å². The summed E-state index contributed by atoms with van der Waals surface area (Å²) >= 11 is 0. The van der Waals surface area contributed by atoms with E-state index < -0.39 is 0 Å². The van der Waals surface area contributed by atoms with Crippen LogP contribution in [0.25, 0.3) is 0 Å². The molecule has 2 aliphatic rings. The van der Waals surface area contributed by atoms with E-state index in [0.717, 1.165) is 12.0 Å². The first kappa shape index (κ1) is 12.4. The maximum absolute atomic E-state index is 3.49. The molecule has 2 nitrogen and oxygen atoms in total. The molecule has 2 fully saturated rings. The lowest BCUT2D eigenvalue weighted by Gasteiger charge is -2.39. The van der Waals surface area contributed by atoms with Crippen LogP contribution in [0.4, 0.5) is 0 Å². The number of likely N-dealkylation sites (N-methyl/N-ethyl adjacent to an activating group) is 1. The van der Waals surface area contributed by atoms with Crippen LogP contribution in [-0.4, -0.2) is 37.1 Å². The fourth-order valence-corrected chi connectivity index (χ4v) is 3.74. The van der Waals surface area contributed by atoms with E-state index in [2.05, 4.69) is 24.2 Å². The number of nitrogens with one attached hydrogen (secondary N) is 1. The van der Waals surface area contributed by atoms with E-state index in [0.29, 0.717) is 6.04 Å². The molecule has 0 radical (unpaired) electrons. The number of likely N-dealkylation sites (tertiary alicyclic amines) is 1. The standard InChI is InChI=1S/C14H28N2/c1-3-6-13(15-2)11-16-10-5-8-12-7-4-9-14(12)16/h12-15H,3-11H2,1-2H3. The third kappa shape index (κ3) is 2.78. The molecule has 1 N–H and O–H groups in total. The van der Waals surface area contributed by atoms with E-state index in [4.69, 9.17) is 0 Å². The van der Waals surface area contributed by atoms with Gasteiger partial charge in [-0.05, 0) is 51.6 Å². The largest absolute Gasteiger partial charge is 0.316 e. The first-order valence-corrected chi connectivity index (χ1v) is 7.26. The predicted molar refractivity (Wildman–Crippen MR) is 69.7 cm³/mol. The Balaban J connectivity index is 1.87. The van der Waals surface area contributed by atoms with Crippen molar-refractivity contribution < 1.29 is 0 Å². The van der Waals surface area contributed by atoms with Gasteiger partial charge in [0.2, 0.25) is 0 Å². The average molecular weight is 224 g/mol. The van der Waals surface area contributed by atoms with Gasteiger partial charge in [0, 0.05) is 18.6 Å². The molecule has 1 saturated carbocycles.